The van der Waals surface area contributed by atoms with Gasteiger partial charge in [-0.2, -0.15) is 0 Å². The van der Waals surface area contributed by atoms with Gasteiger partial charge in [-0.05, 0) is 45.4 Å². The quantitative estimate of drug-likeness (QED) is 0.831. The van der Waals surface area contributed by atoms with E-state index in [1.807, 2.05) is 33.8 Å². The molecule has 0 atom stereocenters. The fourth-order valence-electron chi connectivity index (χ4n) is 1.55. The normalized spacial score (nSPS) is 10.8. The molecule has 0 spiro atoms. The molecular weight excluding hydrogens is 256 g/mol. The number of hydrogen-bond donors (Lipinski definition) is 2. The number of benzene rings is 1. The Morgan fingerprint density at radius 2 is 1.90 bits per heavy atom. The monoisotopic (exact) mass is 278 g/mol. The van der Waals surface area contributed by atoms with Crippen LogP contribution in [-0.2, 0) is 11.3 Å². The maximum atomic E-state index is 11.9. The van der Waals surface area contributed by atoms with Crippen molar-refractivity contribution in [2.45, 2.75) is 39.8 Å². The summed E-state index contributed by atoms with van der Waals surface area (Å²) in [5.74, 6) is -0.364. The van der Waals surface area contributed by atoms with Gasteiger partial charge in [0.05, 0.1) is 5.56 Å². The number of ether oxygens (including phenoxy) is 1. The maximum absolute atomic E-state index is 11.9. The molecule has 110 valence electrons. The molecule has 0 fully saturated rings. The minimum Gasteiger partial charge on any atom is -0.456 e. The van der Waals surface area contributed by atoms with Gasteiger partial charge in [-0.1, -0.05) is 12.1 Å². The lowest BCUT2D eigenvalue weighted by Crippen LogP contribution is -2.34. The maximum Gasteiger partial charge on any atom is 0.338 e. The second kappa shape index (κ2) is 6.93. The van der Waals surface area contributed by atoms with Crippen molar-refractivity contribution in [3.63, 3.8) is 0 Å². The van der Waals surface area contributed by atoms with Gasteiger partial charge in [-0.25, -0.2) is 9.59 Å². The zero-order valence-electron chi connectivity index (χ0n) is 12.4. The average Bonchev–Trinajstić information content (AvgIpc) is 2.35. The first kappa shape index (κ1) is 16.0. The minimum absolute atomic E-state index is 0.227. The summed E-state index contributed by atoms with van der Waals surface area (Å²) in [6.45, 7) is 8.26. The van der Waals surface area contributed by atoms with Crippen LogP contribution < -0.4 is 10.6 Å². The van der Waals surface area contributed by atoms with Gasteiger partial charge in [0, 0.05) is 13.1 Å². The second-order valence-electron chi connectivity index (χ2n) is 5.42. The molecule has 1 aromatic carbocycles. The zero-order chi connectivity index (χ0) is 15.2. The van der Waals surface area contributed by atoms with E-state index in [-0.39, 0.29) is 12.0 Å². The van der Waals surface area contributed by atoms with Crippen LogP contribution in [0.1, 0.15) is 43.6 Å². The van der Waals surface area contributed by atoms with Crippen LogP contribution in [-0.4, -0.2) is 24.1 Å². The minimum atomic E-state index is -0.521. The third-order valence-electron chi connectivity index (χ3n) is 2.35. The van der Waals surface area contributed by atoms with Crippen molar-refractivity contribution < 1.29 is 14.3 Å². The van der Waals surface area contributed by atoms with E-state index in [1.165, 1.54) is 0 Å². The van der Waals surface area contributed by atoms with Gasteiger partial charge in [0.2, 0.25) is 0 Å². The van der Waals surface area contributed by atoms with Crippen LogP contribution in [0.5, 0.6) is 0 Å². The molecule has 2 amide bonds. The molecule has 0 unspecified atom stereocenters. The first-order chi connectivity index (χ1) is 9.31. The van der Waals surface area contributed by atoms with Crippen molar-refractivity contribution in [3.8, 4) is 0 Å². The van der Waals surface area contributed by atoms with Crippen LogP contribution >= 0.6 is 0 Å². The molecule has 5 heteroatoms. The number of hydrogen-bond acceptors (Lipinski definition) is 3. The molecule has 0 aromatic heterocycles. The second-order valence-corrected chi connectivity index (χ2v) is 5.42. The average molecular weight is 278 g/mol. The Labute approximate surface area is 119 Å². The van der Waals surface area contributed by atoms with E-state index >= 15 is 0 Å². The molecule has 0 saturated heterocycles. The summed E-state index contributed by atoms with van der Waals surface area (Å²) in [6, 6.07) is 6.81. The molecule has 0 heterocycles. The lowest BCUT2D eigenvalue weighted by atomic mass is 10.1. The zero-order valence-corrected chi connectivity index (χ0v) is 12.4. The van der Waals surface area contributed by atoms with Gasteiger partial charge < -0.3 is 15.4 Å². The third-order valence-corrected chi connectivity index (χ3v) is 2.35. The summed E-state index contributed by atoms with van der Waals surface area (Å²) in [5.41, 5.74) is 0.807. The fourth-order valence-corrected chi connectivity index (χ4v) is 1.55. The highest BCUT2D eigenvalue weighted by molar-refractivity contribution is 5.89. The summed E-state index contributed by atoms with van der Waals surface area (Å²) in [7, 11) is 0. The van der Waals surface area contributed by atoms with Crippen LogP contribution in [0.2, 0.25) is 0 Å². The number of esters is 1. The number of rotatable bonds is 4. The number of carbonyl (C=O) groups is 2. The summed E-state index contributed by atoms with van der Waals surface area (Å²) in [5, 5.41) is 5.35. The van der Waals surface area contributed by atoms with E-state index in [4.69, 9.17) is 4.74 Å². The Morgan fingerprint density at radius 1 is 1.20 bits per heavy atom. The van der Waals surface area contributed by atoms with Crippen molar-refractivity contribution in [2.24, 2.45) is 0 Å². The highest BCUT2D eigenvalue weighted by atomic mass is 16.6. The standard InChI is InChI=1S/C15H22N2O3/c1-5-16-14(19)17-10-11-7-6-8-12(9-11)13(18)20-15(2,3)4/h6-9H,5,10H2,1-4H3,(H2,16,17,19). The summed E-state index contributed by atoms with van der Waals surface area (Å²) >= 11 is 0. The van der Waals surface area contributed by atoms with Gasteiger partial charge in [0.25, 0.3) is 0 Å². The lowest BCUT2D eigenvalue weighted by Gasteiger charge is -2.19. The fraction of sp³-hybridized carbons (Fsp3) is 0.467. The number of amides is 2. The Bertz CT molecular complexity index is 478. The Balaban J connectivity index is 2.66. The van der Waals surface area contributed by atoms with E-state index in [9.17, 15) is 9.59 Å². The SMILES string of the molecule is CCNC(=O)NCc1cccc(C(=O)OC(C)(C)C)c1. The molecule has 0 aliphatic rings. The molecule has 0 aliphatic carbocycles. The van der Waals surface area contributed by atoms with Crippen LogP contribution in [0.25, 0.3) is 0 Å². The van der Waals surface area contributed by atoms with E-state index in [2.05, 4.69) is 10.6 Å². The van der Waals surface area contributed by atoms with Crippen molar-refractivity contribution in [1.29, 1.82) is 0 Å². The van der Waals surface area contributed by atoms with Crippen LogP contribution in [0.3, 0.4) is 0 Å². The summed E-state index contributed by atoms with van der Waals surface area (Å²) in [6.07, 6.45) is 0. The molecule has 0 radical (unpaired) electrons. The molecule has 2 N–H and O–H groups in total. The molecular formula is C15H22N2O3. The smallest absolute Gasteiger partial charge is 0.338 e. The van der Waals surface area contributed by atoms with Gasteiger partial charge in [-0.15, -0.1) is 0 Å². The van der Waals surface area contributed by atoms with E-state index in [0.717, 1.165) is 5.56 Å². The first-order valence-electron chi connectivity index (χ1n) is 6.66. The molecule has 0 bridgehead atoms. The molecule has 5 nitrogen and oxygen atoms in total. The third kappa shape index (κ3) is 5.73. The number of urea groups is 1. The van der Waals surface area contributed by atoms with Gasteiger partial charge in [-0.3, -0.25) is 0 Å². The summed E-state index contributed by atoms with van der Waals surface area (Å²) < 4.78 is 5.30. The van der Waals surface area contributed by atoms with E-state index in [0.29, 0.717) is 18.7 Å². The topological polar surface area (TPSA) is 67.4 Å². The molecule has 1 aromatic rings. The molecule has 0 saturated carbocycles. The van der Waals surface area contributed by atoms with Gasteiger partial charge in [0.15, 0.2) is 0 Å². The first-order valence-corrected chi connectivity index (χ1v) is 6.66. The summed E-state index contributed by atoms with van der Waals surface area (Å²) in [4.78, 5) is 23.2. The van der Waals surface area contributed by atoms with E-state index < -0.39 is 5.60 Å². The van der Waals surface area contributed by atoms with Crippen LogP contribution in [0.4, 0.5) is 4.79 Å². The van der Waals surface area contributed by atoms with Gasteiger partial charge >= 0.3 is 12.0 Å². The van der Waals surface area contributed by atoms with Crippen molar-refractivity contribution >= 4 is 12.0 Å². The molecule has 1 rings (SSSR count). The number of nitrogens with one attached hydrogen (secondary N) is 2. The lowest BCUT2D eigenvalue weighted by molar-refractivity contribution is 0.00694. The molecule has 20 heavy (non-hydrogen) atoms. The van der Waals surface area contributed by atoms with Gasteiger partial charge in [0.1, 0.15) is 5.60 Å². The Morgan fingerprint density at radius 3 is 2.50 bits per heavy atom. The number of carbonyl (C=O) groups excluding carboxylic acids is 2. The van der Waals surface area contributed by atoms with Crippen molar-refractivity contribution in [2.75, 3.05) is 6.54 Å². The van der Waals surface area contributed by atoms with Crippen molar-refractivity contribution in [1.82, 2.24) is 10.6 Å². The largest absolute Gasteiger partial charge is 0.456 e. The Hall–Kier alpha value is -2.04. The highest BCUT2D eigenvalue weighted by Gasteiger charge is 2.17. The Kier molecular flexibility index (Phi) is 5.55. The predicted molar refractivity (Wildman–Crippen MR) is 77.5 cm³/mol. The van der Waals surface area contributed by atoms with Crippen LogP contribution in [0, 0.1) is 0 Å². The highest BCUT2D eigenvalue weighted by Crippen LogP contribution is 2.13. The van der Waals surface area contributed by atoms with Crippen molar-refractivity contribution in [3.05, 3.63) is 35.4 Å². The molecule has 0 aliphatic heterocycles. The predicted octanol–water partition coefficient (Wildman–Crippen LogP) is 2.46. The van der Waals surface area contributed by atoms with Crippen LogP contribution in [0.15, 0.2) is 24.3 Å². The van der Waals surface area contributed by atoms with E-state index in [1.54, 1.807) is 18.2 Å².